The quantitative estimate of drug-likeness (QED) is 0.331. The summed E-state index contributed by atoms with van der Waals surface area (Å²) in [7, 11) is -4.01. The van der Waals surface area contributed by atoms with Crippen molar-refractivity contribution in [3.05, 3.63) is 83.4 Å². The van der Waals surface area contributed by atoms with Crippen LogP contribution < -0.4 is 14.8 Å². The van der Waals surface area contributed by atoms with Gasteiger partial charge in [0.25, 0.3) is 5.91 Å². The number of nitrogens with one attached hydrogen (secondary N) is 1. The lowest BCUT2D eigenvalue weighted by Crippen LogP contribution is -2.51. The first-order chi connectivity index (χ1) is 18.5. The Morgan fingerprint density at radius 1 is 1.00 bits per heavy atom. The lowest BCUT2D eigenvalue weighted by atomic mass is 9.99. The number of rotatable bonds is 11. The highest BCUT2D eigenvalue weighted by Gasteiger charge is 2.32. The highest BCUT2D eigenvalue weighted by molar-refractivity contribution is 7.89. The largest absolute Gasteiger partial charge is 0.508 e. The Morgan fingerprint density at radius 2 is 1.72 bits per heavy atom. The molecule has 4 rings (SSSR count). The highest BCUT2D eigenvalue weighted by atomic mass is 32.2. The third kappa shape index (κ3) is 6.89. The Kier molecular flexibility index (Phi) is 8.79. The number of aliphatic hydroxyl groups excluding tert-OH is 1. The van der Waals surface area contributed by atoms with Gasteiger partial charge in [0.2, 0.25) is 16.8 Å². The minimum Gasteiger partial charge on any atom is -0.508 e. The van der Waals surface area contributed by atoms with Gasteiger partial charge in [-0.25, -0.2) is 8.42 Å². The lowest BCUT2D eigenvalue weighted by Gasteiger charge is -2.31. The van der Waals surface area contributed by atoms with Crippen LogP contribution in [-0.4, -0.2) is 60.9 Å². The first-order valence-electron chi connectivity index (χ1n) is 12.8. The van der Waals surface area contributed by atoms with Gasteiger partial charge in [-0.15, -0.1) is 0 Å². The number of aromatic hydroxyl groups is 1. The Morgan fingerprint density at radius 3 is 2.41 bits per heavy atom. The number of nitrogens with zero attached hydrogens (tertiary/aromatic N) is 1. The van der Waals surface area contributed by atoms with E-state index in [1.54, 1.807) is 13.0 Å². The van der Waals surface area contributed by atoms with E-state index in [9.17, 15) is 23.4 Å². The van der Waals surface area contributed by atoms with Crippen LogP contribution in [0.2, 0.25) is 0 Å². The third-order valence-corrected chi connectivity index (χ3v) is 8.30. The number of benzene rings is 3. The molecule has 1 aliphatic rings. The van der Waals surface area contributed by atoms with Gasteiger partial charge in [-0.2, -0.15) is 4.31 Å². The van der Waals surface area contributed by atoms with E-state index in [-0.39, 0.29) is 42.9 Å². The molecule has 0 fully saturated rings. The van der Waals surface area contributed by atoms with Gasteiger partial charge in [-0.05, 0) is 60.7 Å². The van der Waals surface area contributed by atoms with Crippen molar-refractivity contribution >= 4 is 15.9 Å². The maximum absolute atomic E-state index is 13.7. The summed E-state index contributed by atoms with van der Waals surface area (Å²) in [5.41, 5.74) is 1.80. The van der Waals surface area contributed by atoms with Crippen LogP contribution in [0.4, 0.5) is 0 Å². The second-order valence-corrected chi connectivity index (χ2v) is 12.0. The summed E-state index contributed by atoms with van der Waals surface area (Å²) in [4.78, 5) is 13.2. The van der Waals surface area contributed by atoms with E-state index in [0.717, 1.165) is 5.56 Å². The molecule has 0 aromatic heterocycles. The fourth-order valence-corrected chi connectivity index (χ4v) is 6.14. The van der Waals surface area contributed by atoms with Crippen LogP contribution in [0, 0.1) is 12.8 Å². The predicted molar refractivity (Wildman–Crippen MR) is 146 cm³/mol. The van der Waals surface area contributed by atoms with E-state index in [0.29, 0.717) is 22.6 Å². The third-order valence-electron chi connectivity index (χ3n) is 6.48. The van der Waals surface area contributed by atoms with Crippen LogP contribution >= 0.6 is 0 Å². The fourth-order valence-electron chi connectivity index (χ4n) is 4.50. The van der Waals surface area contributed by atoms with Gasteiger partial charge in [0.15, 0.2) is 11.5 Å². The average Bonchev–Trinajstić information content (AvgIpc) is 3.36. The Balaban J connectivity index is 1.61. The number of aryl methyl sites for hydroxylation is 1. The molecule has 1 amide bonds. The summed E-state index contributed by atoms with van der Waals surface area (Å²) in [6.45, 7) is 5.45. The van der Waals surface area contributed by atoms with Crippen molar-refractivity contribution in [3.8, 4) is 17.2 Å². The maximum Gasteiger partial charge on any atom is 0.251 e. The molecule has 0 radical (unpaired) electrons. The minimum absolute atomic E-state index is 0.0224. The molecule has 2 atom stereocenters. The Bertz CT molecular complexity index is 1410. The van der Waals surface area contributed by atoms with Gasteiger partial charge in [-0.3, -0.25) is 4.79 Å². The van der Waals surface area contributed by atoms with Crippen LogP contribution in [0.1, 0.15) is 35.3 Å². The molecule has 0 spiro atoms. The van der Waals surface area contributed by atoms with Crippen molar-refractivity contribution in [2.24, 2.45) is 5.92 Å². The van der Waals surface area contributed by atoms with E-state index in [2.05, 4.69) is 5.32 Å². The number of fused-ring (bicyclic) bond motifs is 1. The molecule has 0 saturated heterocycles. The molecule has 3 aromatic rings. The van der Waals surface area contributed by atoms with Crippen molar-refractivity contribution in [1.29, 1.82) is 0 Å². The molecule has 3 N–H and O–H groups in total. The number of phenols is 1. The minimum atomic E-state index is -4.01. The molecule has 1 aliphatic heterocycles. The van der Waals surface area contributed by atoms with Crippen molar-refractivity contribution < 1.29 is 32.9 Å². The number of hydrogen-bond donors (Lipinski definition) is 3. The maximum atomic E-state index is 13.7. The molecule has 10 heteroatoms. The van der Waals surface area contributed by atoms with Crippen LogP contribution in [0.5, 0.6) is 17.2 Å². The Hall–Kier alpha value is -3.60. The topological polar surface area (TPSA) is 125 Å². The fraction of sp³-hybridized carbons (Fsp3) is 0.345. The second kappa shape index (κ2) is 12.1. The first-order valence-corrected chi connectivity index (χ1v) is 14.2. The summed E-state index contributed by atoms with van der Waals surface area (Å²) in [6.07, 6.45) is -0.945. The summed E-state index contributed by atoms with van der Waals surface area (Å²) in [6, 6.07) is 17.4. The normalized spacial score (nSPS) is 14.4. The van der Waals surface area contributed by atoms with Gasteiger partial charge in [0.05, 0.1) is 17.0 Å². The average molecular weight is 555 g/mol. The molecule has 0 saturated carbocycles. The molecule has 0 unspecified atom stereocenters. The predicted octanol–water partition coefficient (Wildman–Crippen LogP) is 3.48. The second-order valence-electron chi connectivity index (χ2n) is 10.1. The molecule has 39 heavy (non-hydrogen) atoms. The van der Waals surface area contributed by atoms with Crippen molar-refractivity contribution in [2.45, 2.75) is 44.2 Å². The first kappa shape index (κ1) is 28.4. The van der Waals surface area contributed by atoms with Gasteiger partial charge < -0.3 is 25.0 Å². The van der Waals surface area contributed by atoms with Gasteiger partial charge >= 0.3 is 0 Å². The van der Waals surface area contributed by atoms with Gasteiger partial charge in [0, 0.05) is 24.7 Å². The van der Waals surface area contributed by atoms with Crippen LogP contribution in [-0.2, 0) is 16.4 Å². The SMILES string of the molecule is Cc1cc(O)ccc1C(=O)N[C@@H](Cc1ccccc1)[C@H](O)CN(CC(C)C)S(=O)(=O)c1ccc2c(c1)OCO2. The molecule has 1 heterocycles. The molecular weight excluding hydrogens is 520 g/mol. The summed E-state index contributed by atoms with van der Waals surface area (Å²) in [5, 5.41) is 24.0. The molecule has 208 valence electrons. The van der Waals surface area contributed by atoms with Crippen molar-refractivity contribution in [2.75, 3.05) is 19.9 Å². The number of carbonyl (C=O) groups excluding carboxylic acids is 1. The van der Waals surface area contributed by atoms with E-state index in [1.165, 1.54) is 34.6 Å². The van der Waals surface area contributed by atoms with E-state index < -0.39 is 28.1 Å². The zero-order valence-corrected chi connectivity index (χ0v) is 23.0. The zero-order valence-electron chi connectivity index (χ0n) is 22.2. The van der Waals surface area contributed by atoms with E-state index in [1.807, 2.05) is 44.2 Å². The number of ether oxygens (including phenoxy) is 2. The molecule has 0 bridgehead atoms. The number of aliphatic hydroxyl groups is 1. The summed E-state index contributed by atoms with van der Waals surface area (Å²) in [5.74, 6) is 0.409. The van der Waals surface area contributed by atoms with Gasteiger partial charge in [0.1, 0.15) is 5.75 Å². The van der Waals surface area contributed by atoms with Gasteiger partial charge in [-0.1, -0.05) is 44.2 Å². The summed E-state index contributed by atoms with van der Waals surface area (Å²) < 4.78 is 39.3. The standard InChI is InChI=1S/C29H34N2O7S/c1-19(2)16-31(39(35,36)23-10-12-27-28(15-23)38-18-37-27)17-26(33)25(14-21-7-5-4-6-8-21)30-29(34)24-11-9-22(32)13-20(24)3/h4-13,15,19,25-26,32-33H,14,16-18H2,1-3H3,(H,30,34)/t25-,26+/m0/s1. The zero-order chi connectivity index (χ0) is 28.2. The number of hydrogen-bond acceptors (Lipinski definition) is 7. The molecular formula is C29H34N2O7S. The molecule has 0 aliphatic carbocycles. The van der Waals surface area contributed by atoms with Crippen LogP contribution in [0.25, 0.3) is 0 Å². The van der Waals surface area contributed by atoms with Crippen LogP contribution in [0.15, 0.2) is 71.6 Å². The van der Waals surface area contributed by atoms with Crippen LogP contribution in [0.3, 0.4) is 0 Å². The number of sulfonamides is 1. The highest BCUT2D eigenvalue weighted by Crippen LogP contribution is 2.35. The number of carbonyl (C=O) groups is 1. The van der Waals surface area contributed by atoms with E-state index >= 15 is 0 Å². The smallest absolute Gasteiger partial charge is 0.251 e. The summed E-state index contributed by atoms with van der Waals surface area (Å²) >= 11 is 0. The molecule has 9 nitrogen and oxygen atoms in total. The van der Waals surface area contributed by atoms with E-state index in [4.69, 9.17) is 9.47 Å². The molecule has 3 aromatic carbocycles. The number of phenolic OH excluding ortho intramolecular Hbond substituents is 1. The monoisotopic (exact) mass is 554 g/mol. The lowest BCUT2D eigenvalue weighted by molar-refractivity contribution is 0.0775. The Labute approximate surface area is 229 Å². The number of amides is 1. The van der Waals surface area contributed by atoms with Crippen molar-refractivity contribution in [3.63, 3.8) is 0 Å². The van der Waals surface area contributed by atoms with Crippen molar-refractivity contribution in [1.82, 2.24) is 9.62 Å².